The molecule has 0 aliphatic heterocycles. The molecule has 1 amide bonds. The van der Waals surface area contributed by atoms with Gasteiger partial charge in [0.2, 0.25) is 0 Å². The van der Waals surface area contributed by atoms with Crippen LogP contribution < -0.4 is 9.64 Å². The number of thiazole rings is 1. The number of hydrogen-bond acceptors (Lipinski definition) is 4. The van der Waals surface area contributed by atoms with Crippen LogP contribution in [0.2, 0.25) is 0 Å². The Labute approximate surface area is 152 Å². The maximum atomic E-state index is 12.7. The molecule has 0 fully saturated rings. The Hall–Kier alpha value is -2.40. The molecule has 0 aliphatic rings. The minimum Gasteiger partial charge on any atom is -0.494 e. The predicted octanol–water partition coefficient (Wildman–Crippen LogP) is 5.00. The number of hydrogen-bond donors (Lipinski definition) is 0. The Morgan fingerprint density at radius 3 is 2.56 bits per heavy atom. The molecule has 4 nitrogen and oxygen atoms in total. The van der Waals surface area contributed by atoms with E-state index in [9.17, 15) is 4.79 Å². The third-order valence-electron chi connectivity index (χ3n) is 3.94. The average Bonchev–Trinajstić information content (AvgIpc) is 3.05. The lowest BCUT2D eigenvalue weighted by Gasteiger charge is -2.14. The highest BCUT2D eigenvalue weighted by atomic mass is 32.1. The highest BCUT2D eigenvalue weighted by Gasteiger charge is 2.17. The number of ether oxygens (including phenoxy) is 1. The minimum atomic E-state index is -0.0761. The summed E-state index contributed by atoms with van der Waals surface area (Å²) < 4.78 is 6.78. The van der Waals surface area contributed by atoms with E-state index in [1.807, 2.05) is 36.4 Å². The van der Waals surface area contributed by atoms with Crippen LogP contribution in [0.1, 0.15) is 30.6 Å². The fourth-order valence-corrected chi connectivity index (χ4v) is 3.32. The van der Waals surface area contributed by atoms with E-state index in [0.29, 0.717) is 23.2 Å². The van der Waals surface area contributed by atoms with Gasteiger partial charge < -0.3 is 4.74 Å². The second-order valence-electron chi connectivity index (χ2n) is 6.38. The van der Waals surface area contributed by atoms with E-state index in [0.717, 1.165) is 22.4 Å². The molecular weight excluding hydrogens is 332 g/mol. The summed E-state index contributed by atoms with van der Waals surface area (Å²) in [6, 6.07) is 15.2. The van der Waals surface area contributed by atoms with Crippen molar-refractivity contribution in [1.29, 1.82) is 0 Å². The van der Waals surface area contributed by atoms with Gasteiger partial charge in [-0.1, -0.05) is 37.3 Å². The van der Waals surface area contributed by atoms with E-state index in [4.69, 9.17) is 4.74 Å². The summed E-state index contributed by atoms with van der Waals surface area (Å²) in [4.78, 5) is 18.8. The van der Waals surface area contributed by atoms with Gasteiger partial charge in [0.05, 0.1) is 16.8 Å². The van der Waals surface area contributed by atoms with Crippen LogP contribution in [-0.4, -0.2) is 24.5 Å². The molecule has 1 aromatic heterocycles. The van der Waals surface area contributed by atoms with Crippen LogP contribution in [0.3, 0.4) is 0 Å². The molecule has 130 valence electrons. The van der Waals surface area contributed by atoms with Crippen molar-refractivity contribution in [2.75, 3.05) is 18.6 Å². The van der Waals surface area contributed by atoms with Crippen molar-refractivity contribution >= 4 is 32.6 Å². The van der Waals surface area contributed by atoms with E-state index < -0.39 is 0 Å². The molecule has 0 saturated carbocycles. The lowest BCUT2D eigenvalue weighted by molar-refractivity contribution is 0.0993. The zero-order valence-electron chi connectivity index (χ0n) is 14.7. The van der Waals surface area contributed by atoms with Crippen LogP contribution in [0.15, 0.2) is 48.5 Å². The van der Waals surface area contributed by atoms with Crippen molar-refractivity contribution in [2.45, 2.75) is 20.3 Å². The van der Waals surface area contributed by atoms with Gasteiger partial charge in [-0.25, -0.2) is 4.98 Å². The summed E-state index contributed by atoms with van der Waals surface area (Å²) in [6.07, 6.45) is 1.01. The van der Waals surface area contributed by atoms with Gasteiger partial charge in [-0.2, -0.15) is 0 Å². The summed E-state index contributed by atoms with van der Waals surface area (Å²) in [5, 5.41) is 0.698. The van der Waals surface area contributed by atoms with Gasteiger partial charge in [0.1, 0.15) is 5.75 Å². The first-order chi connectivity index (χ1) is 12.0. The molecule has 0 N–H and O–H groups in total. The van der Waals surface area contributed by atoms with Crippen LogP contribution in [0, 0.1) is 5.92 Å². The first-order valence-electron chi connectivity index (χ1n) is 8.41. The van der Waals surface area contributed by atoms with Crippen LogP contribution in [-0.2, 0) is 0 Å². The maximum Gasteiger partial charge on any atom is 0.259 e. The molecule has 3 aromatic rings. The molecule has 0 atom stereocenters. The lowest BCUT2D eigenvalue weighted by atomic mass is 10.1. The number of anilines is 1. The van der Waals surface area contributed by atoms with Gasteiger partial charge in [-0.3, -0.25) is 9.69 Å². The number of rotatable bonds is 6. The summed E-state index contributed by atoms with van der Waals surface area (Å²) >= 11 is 1.51. The van der Waals surface area contributed by atoms with Crippen molar-refractivity contribution in [1.82, 2.24) is 4.98 Å². The Kier molecular flexibility index (Phi) is 5.34. The summed E-state index contributed by atoms with van der Waals surface area (Å²) in [5.41, 5.74) is 1.54. The normalized spacial score (nSPS) is 11.0. The van der Waals surface area contributed by atoms with Crippen molar-refractivity contribution in [3.05, 3.63) is 54.1 Å². The highest BCUT2D eigenvalue weighted by molar-refractivity contribution is 7.22. The number of carbonyl (C=O) groups excluding carboxylic acids is 1. The SMILES string of the molecule is CC(C)CCOc1ccc(C(=O)N(C)c2nc3ccccc3s2)cc1. The largest absolute Gasteiger partial charge is 0.494 e. The van der Waals surface area contributed by atoms with E-state index in [1.165, 1.54) is 11.3 Å². The molecule has 1 heterocycles. The molecule has 0 radical (unpaired) electrons. The molecule has 5 heteroatoms. The highest BCUT2D eigenvalue weighted by Crippen LogP contribution is 2.28. The summed E-state index contributed by atoms with van der Waals surface area (Å²) in [5.74, 6) is 1.33. The van der Waals surface area contributed by atoms with E-state index in [-0.39, 0.29) is 5.91 Å². The second kappa shape index (κ2) is 7.66. The Morgan fingerprint density at radius 1 is 1.16 bits per heavy atom. The zero-order valence-corrected chi connectivity index (χ0v) is 15.5. The molecule has 0 unspecified atom stereocenters. The van der Waals surface area contributed by atoms with Gasteiger partial charge in [-0.15, -0.1) is 0 Å². The van der Waals surface area contributed by atoms with Crippen LogP contribution >= 0.6 is 11.3 Å². The third kappa shape index (κ3) is 4.17. The third-order valence-corrected chi connectivity index (χ3v) is 5.05. The van der Waals surface area contributed by atoms with Crippen LogP contribution in [0.4, 0.5) is 5.13 Å². The average molecular weight is 354 g/mol. The standard InChI is InChI=1S/C20H22N2O2S/c1-14(2)12-13-24-16-10-8-15(9-11-16)19(23)22(3)20-21-17-6-4-5-7-18(17)25-20/h4-11,14H,12-13H2,1-3H3. The van der Waals surface area contributed by atoms with E-state index >= 15 is 0 Å². The Bertz CT molecular complexity index is 823. The van der Waals surface area contributed by atoms with Gasteiger partial charge >= 0.3 is 0 Å². The number of benzene rings is 2. The molecule has 0 saturated heterocycles. The summed E-state index contributed by atoms with van der Waals surface area (Å²) in [7, 11) is 1.76. The number of fused-ring (bicyclic) bond motifs is 1. The second-order valence-corrected chi connectivity index (χ2v) is 7.39. The molecular formula is C20H22N2O2S. The number of para-hydroxylation sites is 1. The van der Waals surface area contributed by atoms with Crippen molar-refractivity contribution in [3.8, 4) is 5.75 Å². The first kappa shape index (κ1) is 17.4. The van der Waals surface area contributed by atoms with Crippen LogP contribution in [0.25, 0.3) is 10.2 Å². The number of nitrogens with zero attached hydrogens (tertiary/aromatic N) is 2. The molecule has 3 rings (SSSR count). The topological polar surface area (TPSA) is 42.4 Å². The Morgan fingerprint density at radius 2 is 1.88 bits per heavy atom. The van der Waals surface area contributed by atoms with Crippen LogP contribution in [0.5, 0.6) is 5.75 Å². The van der Waals surface area contributed by atoms with Gasteiger partial charge in [-0.05, 0) is 48.7 Å². The quantitative estimate of drug-likeness (QED) is 0.626. The lowest BCUT2D eigenvalue weighted by Crippen LogP contribution is -2.25. The molecule has 0 aliphatic carbocycles. The first-order valence-corrected chi connectivity index (χ1v) is 9.22. The fraction of sp³-hybridized carbons (Fsp3) is 0.300. The monoisotopic (exact) mass is 354 g/mol. The van der Waals surface area contributed by atoms with Gasteiger partial charge in [0, 0.05) is 12.6 Å². The smallest absolute Gasteiger partial charge is 0.259 e. The van der Waals surface area contributed by atoms with Crippen molar-refractivity contribution in [2.24, 2.45) is 5.92 Å². The number of amides is 1. The van der Waals surface area contributed by atoms with E-state index in [1.54, 1.807) is 24.1 Å². The van der Waals surface area contributed by atoms with E-state index in [2.05, 4.69) is 18.8 Å². The predicted molar refractivity (Wildman–Crippen MR) is 104 cm³/mol. The zero-order chi connectivity index (χ0) is 17.8. The molecule has 0 spiro atoms. The van der Waals surface area contributed by atoms with Gasteiger partial charge in [0.25, 0.3) is 5.91 Å². The fourth-order valence-electron chi connectivity index (χ4n) is 2.39. The molecule has 0 bridgehead atoms. The number of carbonyl (C=O) groups is 1. The van der Waals surface area contributed by atoms with Gasteiger partial charge in [0.15, 0.2) is 5.13 Å². The molecule has 25 heavy (non-hydrogen) atoms. The summed E-state index contributed by atoms with van der Waals surface area (Å²) in [6.45, 7) is 5.03. The Balaban J connectivity index is 1.69. The molecule has 2 aromatic carbocycles. The minimum absolute atomic E-state index is 0.0761. The van der Waals surface area contributed by atoms with Crippen molar-refractivity contribution < 1.29 is 9.53 Å². The maximum absolute atomic E-state index is 12.7. The van der Waals surface area contributed by atoms with Crippen molar-refractivity contribution in [3.63, 3.8) is 0 Å². The number of aromatic nitrogens is 1.